The highest BCUT2D eigenvalue weighted by Gasteiger charge is 2.31. The molecule has 0 spiro atoms. The molecule has 0 aliphatic carbocycles. The number of sulfonamides is 1. The van der Waals surface area contributed by atoms with E-state index in [1.54, 1.807) is 6.08 Å². The predicted octanol–water partition coefficient (Wildman–Crippen LogP) is 0.589. The molecule has 1 fully saturated rings. The van der Waals surface area contributed by atoms with Gasteiger partial charge in [0.1, 0.15) is 0 Å². The molecule has 6 heteroatoms. The van der Waals surface area contributed by atoms with Crippen molar-refractivity contribution < 1.29 is 13.2 Å². The Bertz CT molecular complexity index is 470. The van der Waals surface area contributed by atoms with Gasteiger partial charge in [0, 0.05) is 31.2 Å². The lowest BCUT2D eigenvalue weighted by atomic mass is 10.0. The molecule has 0 aromatic heterocycles. The number of likely N-dealkylation sites (tertiary alicyclic amines) is 1. The first-order chi connectivity index (χ1) is 8.39. The Morgan fingerprint density at radius 2 is 2.11 bits per heavy atom. The normalized spacial score (nSPS) is 26.2. The fourth-order valence-corrected chi connectivity index (χ4v) is 3.24. The lowest BCUT2D eigenvalue weighted by Crippen LogP contribution is -2.43. The minimum Gasteiger partial charge on any atom is -0.336 e. The van der Waals surface area contributed by atoms with Crippen molar-refractivity contribution in [1.29, 1.82) is 0 Å². The molecular weight excluding hydrogens is 252 g/mol. The number of carbonyl (C=O) groups excluding carboxylic acids is 1. The molecule has 18 heavy (non-hydrogen) atoms. The Hall–Kier alpha value is -0.880. The van der Waals surface area contributed by atoms with Gasteiger partial charge in [0.15, 0.2) is 0 Å². The first kappa shape index (κ1) is 13.5. The summed E-state index contributed by atoms with van der Waals surface area (Å²) in [4.78, 5) is 14.2. The van der Waals surface area contributed by atoms with Gasteiger partial charge in [0.05, 0.1) is 6.26 Å². The second kappa shape index (κ2) is 5.01. The average Bonchev–Trinajstić information content (AvgIpc) is 2.77. The molecule has 1 amide bonds. The molecule has 1 atom stereocenters. The predicted molar refractivity (Wildman–Crippen MR) is 69.5 cm³/mol. The molecule has 5 nitrogen and oxygen atoms in total. The zero-order valence-corrected chi connectivity index (χ0v) is 11.7. The molecule has 0 radical (unpaired) electrons. The molecule has 0 aromatic rings. The molecular formula is C12H20N2O3S. The quantitative estimate of drug-likeness (QED) is 0.739. The molecule has 2 heterocycles. The van der Waals surface area contributed by atoms with Crippen molar-refractivity contribution >= 4 is 15.9 Å². The molecule has 102 valence electrons. The third-order valence-corrected chi connectivity index (χ3v) is 4.91. The summed E-state index contributed by atoms with van der Waals surface area (Å²) in [6.07, 6.45) is 6.16. The van der Waals surface area contributed by atoms with Crippen LogP contribution in [-0.2, 0) is 14.8 Å². The lowest BCUT2D eigenvalue weighted by Gasteiger charge is -2.33. The summed E-state index contributed by atoms with van der Waals surface area (Å²) < 4.78 is 24.1. The van der Waals surface area contributed by atoms with Crippen LogP contribution in [0, 0.1) is 0 Å². The van der Waals surface area contributed by atoms with Gasteiger partial charge in [-0.3, -0.25) is 4.79 Å². The van der Waals surface area contributed by atoms with Crippen LogP contribution >= 0.6 is 0 Å². The molecule has 0 N–H and O–H groups in total. The van der Waals surface area contributed by atoms with E-state index in [4.69, 9.17) is 0 Å². The van der Waals surface area contributed by atoms with Crippen LogP contribution in [0.3, 0.4) is 0 Å². The molecule has 0 bridgehead atoms. The molecule has 2 aliphatic rings. The monoisotopic (exact) mass is 272 g/mol. The van der Waals surface area contributed by atoms with E-state index < -0.39 is 10.0 Å². The highest BCUT2D eigenvalue weighted by Crippen LogP contribution is 2.21. The van der Waals surface area contributed by atoms with Gasteiger partial charge in [0.2, 0.25) is 10.0 Å². The summed E-state index contributed by atoms with van der Waals surface area (Å²) >= 11 is 0. The van der Waals surface area contributed by atoms with E-state index in [0.29, 0.717) is 12.1 Å². The van der Waals surface area contributed by atoms with Gasteiger partial charge in [-0.15, -0.1) is 0 Å². The Kier molecular flexibility index (Phi) is 3.77. The maximum Gasteiger partial charge on any atom is 0.251 e. The maximum atomic E-state index is 12.3. The SMILES string of the molecule is C[C@H]1CCCCN1C(=O)C1=CCN(S(C)(=O)=O)C1. The van der Waals surface area contributed by atoms with Crippen molar-refractivity contribution in [2.24, 2.45) is 0 Å². The number of hydrogen-bond acceptors (Lipinski definition) is 3. The fraction of sp³-hybridized carbons (Fsp3) is 0.750. The third kappa shape index (κ3) is 2.75. The number of rotatable bonds is 2. The zero-order chi connectivity index (χ0) is 13.3. The van der Waals surface area contributed by atoms with Crippen molar-refractivity contribution in [3.8, 4) is 0 Å². The second-order valence-electron chi connectivity index (χ2n) is 5.13. The van der Waals surface area contributed by atoms with Crippen LogP contribution in [0.1, 0.15) is 26.2 Å². The van der Waals surface area contributed by atoms with E-state index in [1.165, 1.54) is 17.0 Å². The molecule has 0 aromatic carbocycles. The van der Waals surface area contributed by atoms with E-state index in [9.17, 15) is 13.2 Å². The van der Waals surface area contributed by atoms with E-state index in [2.05, 4.69) is 6.92 Å². The standard InChI is InChI=1S/C12H20N2O3S/c1-10-5-3-4-7-14(10)12(15)11-6-8-13(9-11)18(2,16)17/h6,10H,3-5,7-9H2,1-2H3/t10-/m0/s1. The third-order valence-electron chi connectivity index (χ3n) is 3.70. The van der Waals surface area contributed by atoms with Gasteiger partial charge in [-0.2, -0.15) is 4.31 Å². The summed E-state index contributed by atoms with van der Waals surface area (Å²) in [5.74, 6) is 0.00773. The molecule has 0 unspecified atom stereocenters. The van der Waals surface area contributed by atoms with Crippen molar-refractivity contribution in [3.63, 3.8) is 0 Å². The minimum atomic E-state index is -3.20. The van der Waals surface area contributed by atoms with Crippen LogP contribution in [0.15, 0.2) is 11.6 Å². The van der Waals surface area contributed by atoms with Crippen LogP contribution in [0.5, 0.6) is 0 Å². The first-order valence-electron chi connectivity index (χ1n) is 6.34. The Labute approximate surface area is 108 Å². The first-order valence-corrected chi connectivity index (χ1v) is 8.19. The number of amides is 1. The van der Waals surface area contributed by atoms with E-state index in [0.717, 1.165) is 19.4 Å². The van der Waals surface area contributed by atoms with Crippen molar-refractivity contribution in [2.75, 3.05) is 25.9 Å². The van der Waals surface area contributed by atoms with E-state index in [1.807, 2.05) is 4.90 Å². The lowest BCUT2D eigenvalue weighted by molar-refractivity contribution is -0.130. The van der Waals surface area contributed by atoms with Gasteiger partial charge in [-0.1, -0.05) is 6.08 Å². The largest absolute Gasteiger partial charge is 0.336 e. The van der Waals surface area contributed by atoms with Crippen molar-refractivity contribution in [2.45, 2.75) is 32.2 Å². The van der Waals surface area contributed by atoms with Gasteiger partial charge < -0.3 is 4.90 Å². The summed E-state index contributed by atoms with van der Waals surface area (Å²) in [7, 11) is -3.20. The van der Waals surface area contributed by atoms with Crippen molar-refractivity contribution in [1.82, 2.24) is 9.21 Å². The minimum absolute atomic E-state index is 0.00773. The average molecular weight is 272 g/mol. The second-order valence-corrected chi connectivity index (χ2v) is 7.11. The molecule has 0 saturated carbocycles. The van der Waals surface area contributed by atoms with Crippen LogP contribution in [0.2, 0.25) is 0 Å². The highest BCUT2D eigenvalue weighted by molar-refractivity contribution is 7.88. The Morgan fingerprint density at radius 3 is 2.67 bits per heavy atom. The Morgan fingerprint density at radius 1 is 1.39 bits per heavy atom. The summed E-state index contributed by atoms with van der Waals surface area (Å²) in [5.41, 5.74) is 0.620. The van der Waals surface area contributed by atoms with E-state index >= 15 is 0 Å². The molecule has 2 aliphatic heterocycles. The summed E-state index contributed by atoms with van der Waals surface area (Å²) in [5, 5.41) is 0. The molecule has 2 rings (SSSR count). The van der Waals surface area contributed by atoms with Crippen LogP contribution in [0.25, 0.3) is 0 Å². The number of nitrogens with zero attached hydrogens (tertiary/aromatic N) is 2. The van der Waals surface area contributed by atoms with Crippen LogP contribution < -0.4 is 0 Å². The maximum absolute atomic E-state index is 12.3. The number of piperidine rings is 1. The summed E-state index contributed by atoms with van der Waals surface area (Å²) in [6, 6.07) is 0.263. The van der Waals surface area contributed by atoms with Gasteiger partial charge in [-0.05, 0) is 26.2 Å². The van der Waals surface area contributed by atoms with Gasteiger partial charge in [-0.25, -0.2) is 8.42 Å². The van der Waals surface area contributed by atoms with E-state index in [-0.39, 0.29) is 18.5 Å². The Balaban J connectivity index is 2.03. The van der Waals surface area contributed by atoms with Gasteiger partial charge >= 0.3 is 0 Å². The van der Waals surface area contributed by atoms with Crippen LogP contribution in [0.4, 0.5) is 0 Å². The topological polar surface area (TPSA) is 57.7 Å². The smallest absolute Gasteiger partial charge is 0.251 e. The van der Waals surface area contributed by atoms with Crippen LogP contribution in [-0.4, -0.2) is 55.5 Å². The number of hydrogen-bond donors (Lipinski definition) is 0. The van der Waals surface area contributed by atoms with Gasteiger partial charge in [0.25, 0.3) is 5.91 Å². The van der Waals surface area contributed by atoms with Crippen molar-refractivity contribution in [3.05, 3.63) is 11.6 Å². The zero-order valence-electron chi connectivity index (χ0n) is 10.9. The fourth-order valence-electron chi connectivity index (χ4n) is 2.52. The summed E-state index contributed by atoms with van der Waals surface area (Å²) in [6.45, 7) is 3.39. The highest BCUT2D eigenvalue weighted by atomic mass is 32.2. The number of carbonyl (C=O) groups is 1. The molecule has 1 saturated heterocycles.